The van der Waals surface area contributed by atoms with Gasteiger partial charge in [-0.3, -0.25) is 0 Å². The van der Waals surface area contributed by atoms with E-state index in [1.54, 1.807) is 12.1 Å². The van der Waals surface area contributed by atoms with Gasteiger partial charge in [-0.2, -0.15) is 0 Å². The van der Waals surface area contributed by atoms with E-state index in [2.05, 4.69) is 0 Å². The molecule has 0 aliphatic heterocycles. The second kappa shape index (κ2) is 3.98. The first-order valence-electron chi connectivity index (χ1n) is 3.71. The highest BCUT2D eigenvalue weighted by atomic mass is 35.7. The molecule has 0 atom stereocenters. The Morgan fingerprint density at radius 2 is 1.85 bits per heavy atom. The van der Waals surface area contributed by atoms with Crippen molar-refractivity contribution in [1.82, 2.24) is 0 Å². The standard InChI is InChI=1S/C8H9ClO3S/c1-2-12-7-3-5-8(6-4-7)13(9,10)11/h3-6H,2H2,1H3. The molecule has 0 radical (unpaired) electrons. The fourth-order valence-corrected chi connectivity index (χ4v) is 1.63. The number of hydrogen-bond acceptors (Lipinski definition) is 3. The molecule has 72 valence electrons. The van der Waals surface area contributed by atoms with E-state index in [4.69, 9.17) is 15.4 Å². The Labute approximate surface area is 81.7 Å². The summed E-state index contributed by atoms with van der Waals surface area (Å²) in [6.45, 7) is 2.40. The van der Waals surface area contributed by atoms with Crippen LogP contribution < -0.4 is 4.74 Å². The lowest BCUT2D eigenvalue weighted by Crippen LogP contribution is -1.93. The number of halogens is 1. The van der Waals surface area contributed by atoms with Gasteiger partial charge in [-0.1, -0.05) is 0 Å². The fraction of sp³-hybridized carbons (Fsp3) is 0.250. The van der Waals surface area contributed by atoms with Crippen LogP contribution in [0.5, 0.6) is 5.75 Å². The average Bonchev–Trinajstić information content (AvgIpc) is 2.04. The summed E-state index contributed by atoms with van der Waals surface area (Å²) in [5, 5.41) is 0. The largest absolute Gasteiger partial charge is 0.494 e. The lowest BCUT2D eigenvalue weighted by molar-refractivity contribution is 0.340. The monoisotopic (exact) mass is 220 g/mol. The summed E-state index contributed by atoms with van der Waals surface area (Å²) in [5.74, 6) is 0.631. The van der Waals surface area contributed by atoms with Crippen LogP contribution in [0.1, 0.15) is 6.92 Å². The molecule has 5 heteroatoms. The molecular weight excluding hydrogens is 212 g/mol. The van der Waals surface area contributed by atoms with Crippen molar-refractivity contribution in [3.05, 3.63) is 24.3 Å². The molecule has 0 saturated heterocycles. The van der Waals surface area contributed by atoms with Gasteiger partial charge in [-0.25, -0.2) is 8.42 Å². The maximum absolute atomic E-state index is 10.8. The third-order valence-electron chi connectivity index (χ3n) is 1.42. The van der Waals surface area contributed by atoms with Gasteiger partial charge in [0.15, 0.2) is 0 Å². The van der Waals surface area contributed by atoms with Gasteiger partial charge in [0.2, 0.25) is 0 Å². The van der Waals surface area contributed by atoms with Crippen molar-refractivity contribution >= 4 is 19.7 Å². The molecule has 13 heavy (non-hydrogen) atoms. The molecule has 0 N–H and O–H groups in total. The third-order valence-corrected chi connectivity index (χ3v) is 2.79. The van der Waals surface area contributed by atoms with Crippen molar-refractivity contribution in [2.75, 3.05) is 6.61 Å². The minimum atomic E-state index is -3.62. The van der Waals surface area contributed by atoms with Crippen LogP contribution in [0.25, 0.3) is 0 Å². The Balaban J connectivity index is 2.94. The van der Waals surface area contributed by atoms with E-state index in [0.717, 1.165) is 0 Å². The molecule has 0 unspecified atom stereocenters. The van der Waals surface area contributed by atoms with Gasteiger partial charge in [0.05, 0.1) is 11.5 Å². The molecule has 0 aliphatic rings. The highest BCUT2D eigenvalue weighted by molar-refractivity contribution is 8.13. The first-order valence-corrected chi connectivity index (χ1v) is 6.02. The van der Waals surface area contributed by atoms with Crippen molar-refractivity contribution in [2.24, 2.45) is 0 Å². The summed E-state index contributed by atoms with van der Waals surface area (Å²) >= 11 is 0. The van der Waals surface area contributed by atoms with Gasteiger partial charge >= 0.3 is 0 Å². The second-order valence-corrected chi connectivity index (χ2v) is 4.91. The maximum Gasteiger partial charge on any atom is 0.261 e. The SMILES string of the molecule is CCOc1ccc(S(=O)(=O)Cl)cc1. The van der Waals surface area contributed by atoms with Crippen LogP contribution in [0.15, 0.2) is 29.2 Å². The number of hydrogen-bond donors (Lipinski definition) is 0. The molecule has 0 amide bonds. The minimum absolute atomic E-state index is 0.0811. The summed E-state index contributed by atoms with van der Waals surface area (Å²) in [5.41, 5.74) is 0. The molecule has 0 aliphatic carbocycles. The van der Waals surface area contributed by atoms with E-state index >= 15 is 0 Å². The van der Waals surface area contributed by atoms with Crippen molar-refractivity contribution < 1.29 is 13.2 Å². The molecule has 0 fully saturated rings. The van der Waals surface area contributed by atoms with E-state index in [9.17, 15) is 8.42 Å². The quantitative estimate of drug-likeness (QED) is 0.732. The van der Waals surface area contributed by atoms with E-state index in [0.29, 0.717) is 12.4 Å². The molecule has 1 rings (SSSR count). The van der Waals surface area contributed by atoms with Crippen molar-refractivity contribution in [3.8, 4) is 5.75 Å². The Hall–Kier alpha value is -0.740. The van der Waals surface area contributed by atoms with Gasteiger partial charge in [0.25, 0.3) is 9.05 Å². The molecule has 0 saturated carbocycles. The predicted molar refractivity (Wildman–Crippen MR) is 50.6 cm³/mol. The molecular formula is C8H9ClO3S. The lowest BCUT2D eigenvalue weighted by Gasteiger charge is -2.02. The molecule has 3 nitrogen and oxygen atoms in total. The van der Waals surface area contributed by atoms with E-state index in [1.807, 2.05) is 6.92 Å². The summed E-state index contributed by atoms with van der Waals surface area (Å²) in [7, 11) is 1.50. The van der Waals surface area contributed by atoms with E-state index < -0.39 is 9.05 Å². The molecule has 0 bridgehead atoms. The highest BCUT2D eigenvalue weighted by Gasteiger charge is 2.08. The van der Waals surface area contributed by atoms with Crippen LogP contribution in [0.3, 0.4) is 0 Å². The van der Waals surface area contributed by atoms with Gasteiger partial charge in [0.1, 0.15) is 5.75 Å². The smallest absolute Gasteiger partial charge is 0.261 e. The third kappa shape index (κ3) is 2.90. The summed E-state index contributed by atoms with van der Waals surface area (Å²) in [4.78, 5) is 0.0811. The van der Waals surface area contributed by atoms with Crippen molar-refractivity contribution in [2.45, 2.75) is 11.8 Å². The second-order valence-electron chi connectivity index (χ2n) is 2.34. The number of rotatable bonds is 3. The van der Waals surface area contributed by atoms with Crippen LogP contribution in [0.2, 0.25) is 0 Å². The van der Waals surface area contributed by atoms with Crippen LogP contribution in [-0.4, -0.2) is 15.0 Å². The lowest BCUT2D eigenvalue weighted by atomic mass is 10.3. The Morgan fingerprint density at radius 3 is 2.23 bits per heavy atom. The Morgan fingerprint density at radius 1 is 1.31 bits per heavy atom. The van der Waals surface area contributed by atoms with Gasteiger partial charge < -0.3 is 4.74 Å². The van der Waals surface area contributed by atoms with E-state index in [1.165, 1.54) is 12.1 Å². The summed E-state index contributed by atoms with van der Waals surface area (Å²) in [6.07, 6.45) is 0. The topological polar surface area (TPSA) is 43.4 Å². The first-order chi connectivity index (χ1) is 6.04. The summed E-state index contributed by atoms with van der Waals surface area (Å²) in [6, 6.07) is 5.96. The van der Waals surface area contributed by atoms with Gasteiger partial charge in [0, 0.05) is 10.7 Å². The fourth-order valence-electron chi connectivity index (χ4n) is 0.865. The van der Waals surface area contributed by atoms with Crippen LogP contribution in [0.4, 0.5) is 0 Å². The molecule has 0 aromatic heterocycles. The molecule has 0 heterocycles. The predicted octanol–water partition coefficient (Wildman–Crippen LogP) is 2.01. The highest BCUT2D eigenvalue weighted by Crippen LogP contribution is 2.18. The van der Waals surface area contributed by atoms with Crippen LogP contribution in [-0.2, 0) is 9.05 Å². The normalized spacial score (nSPS) is 11.2. The van der Waals surface area contributed by atoms with Crippen molar-refractivity contribution in [1.29, 1.82) is 0 Å². The Bertz CT molecular complexity index is 369. The zero-order valence-electron chi connectivity index (χ0n) is 7.03. The average molecular weight is 221 g/mol. The Kier molecular flexibility index (Phi) is 3.17. The maximum atomic E-state index is 10.8. The van der Waals surface area contributed by atoms with Gasteiger partial charge in [-0.05, 0) is 31.2 Å². The molecule has 1 aromatic rings. The zero-order valence-corrected chi connectivity index (χ0v) is 8.60. The number of benzene rings is 1. The van der Waals surface area contributed by atoms with Crippen LogP contribution in [0, 0.1) is 0 Å². The molecule has 0 spiro atoms. The minimum Gasteiger partial charge on any atom is -0.494 e. The molecule has 1 aromatic carbocycles. The zero-order chi connectivity index (χ0) is 9.90. The first kappa shape index (κ1) is 10.3. The number of ether oxygens (including phenoxy) is 1. The van der Waals surface area contributed by atoms with Crippen molar-refractivity contribution in [3.63, 3.8) is 0 Å². The summed E-state index contributed by atoms with van der Waals surface area (Å²) < 4.78 is 26.8. The van der Waals surface area contributed by atoms with E-state index in [-0.39, 0.29) is 4.90 Å². The van der Waals surface area contributed by atoms with Gasteiger partial charge in [-0.15, -0.1) is 0 Å². The van der Waals surface area contributed by atoms with Crippen LogP contribution >= 0.6 is 10.7 Å².